The van der Waals surface area contributed by atoms with Gasteiger partial charge in [-0.3, -0.25) is 0 Å². The van der Waals surface area contributed by atoms with Gasteiger partial charge in [-0.15, -0.1) is 0 Å². The highest BCUT2D eigenvalue weighted by atomic mass is 19.3. The van der Waals surface area contributed by atoms with Crippen LogP contribution in [0.2, 0.25) is 0 Å². The van der Waals surface area contributed by atoms with E-state index in [-0.39, 0.29) is 18.8 Å². The lowest BCUT2D eigenvalue weighted by atomic mass is 9.86. The smallest absolute Gasteiger partial charge is 0.248 e. The predicted octanol–water partition coefficient (Wildman–Crippen LogP) is 2.91. The number of nitrogen functional groups attached to an aromatic ring is 1. The van der Waals surface area contributed by atoms with Crippen molar-refractivity contribution < 1.29 is 8.78 Å². The van der Waals surface area contributed by atoms with Gasteiger partial charge in [-0.25, -0.2) is 18.7 Å². The first-order valence-corrected chi connectivity index (χ1v) is 6.01. The molecule has 3 nitrogen and oxygen atoms in total. The molecule has 0 bridgehead atoms. The number of rotatable bonds is 2. The Hall–Kier alpha value is -1.26. The minimum Gasteiger partial charge on any atom is -0.384 e. The van der Waals surface area contributed by atoms with Gasteiger partial charge in [-0.05, 0) is 19.3 Å². The molecule has 0 aromatic carbocycles. The maximum Gasteiger partial charge on any atom is 0.248 e. The van der Waals surface area contributed by atoms with E-state index in [2.05, 4.69) is 9.97 Å². The third-order valence-electron chi connectivity index (χ3n) is 3.18. The summed E-state index contributed by atoms with van der Waals surface area (Å²) in [5, 5.41) is 0. The summed E-state index contributed by atoms with van der Waals surface area (Å²) < 4.78 is 26.7. The molecule has 1 unspecified atom stereocenters. The normalized spacial score (nSPS) is 23.6. The topological polar surface area (TPSA) is 51.8 Å². The Balaban J connectivity index is 2.24. The maximum absolute atomic E-state index is 13.3. The molecule has 2 rings (SSSR count). The van der Waals surface area contributed by atoms with Gasteiger partial charge in [0.25, 0.3) is 0 Å². The molecule has 1 aliphatic carbocycles. The second-order valence-corrected chi connectivity index (χ2v) is 4.65. The lowest BCUT2D eigenvalue weighted by Gasteiger charge is -2.28. The van der Waals surface area contributed by atoms with E-state index in [1.807, 2.05) is 6.92 Å². The van der Waals surface area contributed by atoms with Crippen LogP contribution in [0.1, 0.15) is 50.0 Å². The van der Waals surface area contributed by atoms with E-state index in [1.165, 1.54) is 0 Å². The van der Waals surface area contributed by atoms with Crippen LogP contribution in [0.3, 0.4) is 0 Å². The number of aryl methyl sites for hydroxylation is 1. The number of hydrogen-bond acceptors (Lipinski definition) is 3. The molecular formula is C12H17F2N3. The van der Waals surface area contributed by atoms with E-state index in [1.54, 1.807) is 6.07 Å². The predicted molar refractivity (Wildman–Crippen MR) is 62.0 cm³/mol. The molecule has 0 radical (unpaired) electrons. The summed E-state index contributed by atoms with van der Waals surface area (Å²) in [6, 6.07) is 1.70. The zero-order valence-corrected chi connectivity index (χ0v) is 9.92. The Bertz CT molecular complexity index is 407. The van der Waals surface area contributed by atoms with Crippen molar-refractivity contribution in [2.24, 2.45) is 0 Å². The highest BCUT2D eigenvalue weighted by Crippen LogP contribution is 2.40. The summed E-state index contributed by atoms with van der Waals surface area (Å²) in [4.78, 5) is 8.42. The molecule has 5 heteroatoms. The summed E-state index contributed by atoms with van der Waals surface area (Å²) in [7, 11) is 0. The molecule has 0 aliphatic heterocycles. The second kappa shape index (κ2) is 4.55. The third kappa shape index (κ3) is 2.90. The molecule has 0 spiro atoms. The molecule has 1 fully saturated rings. The van der Waals surface area contributed by atoms with Gasteiger partial charge in [-0.2, -0.15) is 0 Å². The lowest BCUT2D eigenvalue weighted by Crippen LogP contribution is -2.26. The fourth-order valence-electron chi connectivity index (χ4n) is 2.30. The molecular weight excluding hydrogens is 224 g/mol. The van der Waals surface area contributed by atoms with Gasteiger partial charge in [0, 0.05) is 30.5 Å². The minimum absolute atomic E-state index is 0.0214. The molecule has 2 N–H and O–H groups in total. The van der Waals surface area contributed by atoms with E-state index in [4.69, 9.17) is 5.73 Å². The van der Waals surface area contributed by atoms with Crippen molar-refractivity contribution in [1.29, 1.82) is 0 Å². The lowest BCUT2D eigenvalue weighted by molar-refractivity contribution is -0.0417. The van der Waals surface area contributed by atoms with Crippen LogP contribution in [-0.2, 0) is 6.42 Å². The number of nitrogens with zero attached hydrogens (tertiary/aromatic N) is 2. The van der Waals surface area contributed by atoms with E-state index in [0.717, 1.165) is 18.5 Å². The molecule has 1 aromatic heterocycles. The minimum atomic E-state index is -2.58. The largest absolute Gasteiger partial charge is 0.384 e. The Morgan fingerprint density at radius 3 is 2.88 bits per heavy atom. The highest BCUT2D eigenvalue weighted by molar-refractivity contribution is 5.30. The maximum atomic E-state index is 13.3. The van der Waals surface area contributed by atoms with Crippen molar-refractivity contribution in [3.05, 3.63) is 17.6 Å². The molecule has 0 saturated heterocycles. The molecule has 1 aromatic rings. The number of alkyl halides is 2. The van der Waals surface area contributed by atoms with Crippen molar-refractivity contribution >= 4 is 5.82 Å². The van der Waals surface area contributed by atoms with Gasteiger partial charge >= 0.3 is 0 Å². The van der Waals surface area contributed by atoms with E-state index < -0.39 is 5.92 Å². The Morgan fingerprint density at radius 2 is 2.24 bits per heavy atom. The van der Waals surface area contributed by atoms with Crippen molar-refractivity contribution in [2.45, 2.75) is 50.9 Å². The summed E-state index contributed by atoms with van der Waals surface area (Å²) in [6.45, 7) is 1.96. The molecule has 0 amide bonds. The van der Waals surface area contributed by atoms with Crippen molar-refractivity contribution in [1.82, 2.24) is 9.97 Å². The van der Waals surface area contributed by atoms with Gasteiger partial charge < -0.3 is 5.73 Å². The second-order valence-electron chi connectivity index (χ2n) is 4.65. The molecule has 1 atom stereocenters. The van der Waals surface area contributed by atoms with Gasteiger partial charge in [-0.1, -0.05) is 6.92 Å². The standard InChI is InChI=1S/C12H17F2N3/c1-2-9-6-10(15)17-11(16-9)8-4-3-5-12(13,14)7-8/h6,8H,2-5,7H2,1H3,(H2,15,16,17). The van der Waals surface area contributed by atoms with Gasteiger partial charge in [0.05, 0.1) is 0 Å². The Kier molecular flexibility index (Phi) is 3.26. The van der Waals surface area contributed by atoms with Gasteiger partial charge in [0.2, 0.25) is 5.92 Å². The zero-order valence-electron chi connectivity index (χ0n) is 9.92. The Labute approximate surface area is 99.5 Å². The van der Waals surface area contributed by atoms with Crippen LogP contribution in [-0.4, -0.2) is 15.9 Å². The fourth-order valence-corrected chi connectivity index (χ4v) is 2.30. The van der Waals surface area contributed by atoms with Crippen molar-refractivity contribution in [3.63, 3.8) is 0 Å². The summed E-state index contributed by atoms with van der Waals surface area (Å²) >= 11 is 0. The van der Waals surface area contributed by atoms with E-state index in [9.17, 15) is 8.78 Å². The fraction of sp³-hybridized carbons (Fsp3) is 0.667. The van der Waals surface area contributed by atoms with Gasteiger partial charge in [0.1, 0.15) is 11.6 Å². The van der Waals surface area contributed by atoms with E-state index in [0.29, 0.717) is 18.1 Å². The number of halogens is 2. The third-order valence-corrected chi connectivity index (χ3v) is 3.18. The average molecular weight is 241 g/mol. The summed E-state index contributed by atoms with van der Waals surface area (Å²) in [6.07, 6.45) is 1.81. The molecule has 94 valence electrons. The van der Waals surface area contributed by atoms with Crippen LogP contribution in [0, 0.1) is 0 Å². The van der Waals surface area contributed by atoms with Crippen LogP contribution >= 0.6 is 0 Å². The quantitative estimate of drug-likeness (QED) is 0.866. The van der Waals surface area contributed by atoms with Crippen LogP contribution in [0.15, 0.2) is 6.07 Å². The molecule has 1 aliphatic rings. The molecule has 1 heterocycles. The number of aromatic nitrogens is 2. The van der Waals surface area contributed by atoms with E-state index >= 15 is 0 Å². The molecule has 1 saturated carbocycles. The highest BCUT2D eigenvalue weighted by Gasteiger charge is 2.38. The van der Waals surface area contributed by atoms with Gasteiger partial charge in [0.15, 0.2) is 0 Å². The first kappa shape index (κ1) is 12.2. The monoisotopic (exact) mass is 241 g/mol. The van der Waals surface area contributed by atoms with Crippen LogP contribution in [0.5, 0.6) is 0 Å². The summed E-state index contributed by atoms with van der Waals surface area (Å²) in [5.41, 5.74) is 6.49. The Morgan fingerprint density at radius 1 is 1.47 bits per heavy atom. The van der Waals surface area contributed by atoms with Crippen molar-refractivity contribution in [3.8, 4) is 0 Å². The van der Waals surface area contributed by atoms with Crippen molar-refractivity contribution in [2.75, 3.05) is 5.73 Å². The zero-order chi connectivity index (χ0) is 12.5. The van der Waals surface area contributed by atoms with Crippen LogP contribution in [0.4, 0.5) is 14.6 Å². The number of hydrogen-bond donors (Lipinski definition) is 1. The van der Waals surface area contributed by atoms with Crippen LogP contribution < -0.4 is 5.73 Å². The summed E-state index contributed by atoms with van der Waals surface area (Å²) in [5.74, 6) is -1.97. The first-order chi connectivity index (χ1) is 8.00. The molecule has 17 heavy (non-hydrogen) atoms. The SMILES string of the molecule is CCc1cc(N)nc(C2CCCC(F)(F)C2)n1. The first-order valence-electron chi connectivity index (χ1n) is 6.01. The van der Waals surface area contributed by atoms with Crippen LogP contribution in [0.25, 0.3) is 0 Å². The average Bonchev–Trinajstić information content (AvgIpc) is 2.27. The number of nitrogens with two attached hydrogens (primary N) is 1. The number of anilines is 1.